The highest BCUT2D eigenvalue weighted by Gasteiger charge is 2.15. The maximum absolute atomic E-state index is 12.9. The molecule has 0 saturated heterocycles. The summed E-state index contributed by atoms with van der Waals surface area (Å²) in [6.45, 7) is 0.329. The van der Waals surface area contributed by atoms with E-state index in [4.69, 9.17) is 4.52 Å². The lowest BCUT2D eigenvalue weighted by atomic mass is 10.2. The third-order valence-electron chi connectivity index (χ3n) is 2.93. The summed E-state index contributed by atoms with van der Waals surface area (Å²) in [7, 11) is 0. The Hall–Kier alpha value is -3.09. The first-order valence-electron chi connectivity index (χ1n) is 6.49. The van der Waals surface area contributed by atoms with Gasteiger partial charge in [0.05, 0.1) is 0 Å². The first kappa shape index (κ1) is 13.9. The van der Waals surface area contributed by atoms with Crippen LogP contribution in [0.2, 0.25) is 0 Å². The number of hydrogen-bond donors (Lipinski definition) is 1. The molecule has 0 fully saturated rings. The lowest BCUT2D eigenvalue weighted by molar-refractivity contribution is 0.0907. The van der Waals surface area contributed by atoms with Gasteiger partial charge in [-0.1, -0.05) is 5.16 Å². The summed E-state index contributed by atoms with van der Waals surface area (Å²) in [6, 6.07) is 9.18. The summed E-state index contributed by atoms with van der Waals surface area (Å²) in [4.78, 5) is 19.8. The fourth-order valence-electron chi connectivity index (χ4n) is 1.79. The molecular formula is C15H11FN4O2. The van der Waals surface area contributed by atoms with Crippen molar-refractivity contribution in [2.24, 2.45) is 0 Å². The van der Waals surface area contributed by atoms with E-state index in [2.05, 4.69) is 20.4 Å². The number of benzene rings is 1. The van der Waals surface area contributed by atoms with E-state index in [1.807, 2.05) is 0 Å². The van der Waals surface area contributed by atoms with Crippen molar-refractivity contribution < 1.29 is 13.7 Å². The smallest absolute Gasteiger partial charge is 0.316 e. The molecule has 0 saturated carbocycles. The maximum atomic E-state index is 12.9. The Morgan fingerprint density at radius 2 is 1.86 bits per heavy atom. The van der Waals surface area contributed by atoms with Crippen LogP contribution in [0.5, 0.6) is 0 Å². The number of carbonyl (C=O) groups excluding carboxylic acids is 1. The van der Waals surface area contributed by atoms with E-state index in [9.17, 15) is 9.18 Å². The Balaban J connectivity index is 1.68. The van der Waals surface area contributed by atoms with Gasteiger partial charge in [-0.2, -0.15) is 4.98 Å². The van der Waals surface area contributed by atoms with Crippen molar-refractivity contribution in [2.75, 3.05) is 0 Å². The van der Waals surface area contributed by atoms with Gasteiger partial charge in [-0.05, 0) is 42.0 Å². The number of nitrogens with one attached hydrogen (secondary N) is 1. The third-order valence-corrected chi connectivity index (χ3v) is 2.93. The number of carbonyl (C=O) groups is 1. The van der Waals surface area contributed by atoms with Gasteiger partial charge in [0.1, 0.15) is 5.82 Å². The van der Waals surface area contributed by atoms with E-state index < -0.39 is 5.91 Å². The van der Waals surface area contributed by atoms with Gasteiger partial charge in [0.15, 0.2) is 0 Å². The van der Waals surface area contributed by atoms with E-state index in [0.29, 0.717) is 12.1 Å². The molecule has 110 valence electrons. The molecule has 1 aromatic carbocycles. The molecule has 2 aromatic heterocycles. The fourth-order valence-corrected chi connectivity index (χ4v) is 1.79. The Labute approximate surface area is 125 Å². The molecule has 7 heteroatoms. The molecule has 1 amide bonds. The number of nitrogens with zero attached hydrogens (tertiary/aromatic N) is 3. The maximum Gasteiger partial charge on any atom is 0.316 e. The average molecular weight is 298 g/mol. The van der Waals surface area contributed by atoms with Gasteiger partial charge in [0, 0.05) is 24.5 Å². The fraction of sp³-hybridized carbons (Fsp3) is 0.0667. The van der Waals surface area contributed by atoms with Crippen LogP contribution in [0.1, 0.15) is 16.2 Å². The van der Waals surface area contributed by atoms with Crippen LogP contribution in [0, 0.1) is 5.82 Å². The van der Waals surface area contributed by atoms with Crippen LogP contribution in [-0.2, 0) is 6.54 Å². The summed E-state index contributed by atoms with van der Waals surface area (Å²) in [5.41, 5.74) is 1.47. The van der Waals surface area contributed by atoms with Crippen LogP contribution in [0.15, 0.2) is 53.3 Å². The normalized spacial score (nSPS) is 10.4. The summed E-state index contributed by atoms with van der Waals surface area (Å²) >= 11 is 0. The van der Waals surface area contributed by atoms with Crippen molar-refractivity contribution in [1.29, 1.82) is 0 Å². The quantitative estimate of drug-likeness (QED) is 0.798. The molecule has 0 radical (unpaired) electrons. The Morgan fingerprint density at radius 3 is 2.59 bits per heavy atom. The molecule has 3 rings (SSSR count). The zero-order valence-electron chi connectivity index (χ0n) is 11.4. The van der Waals surface area contributed by atoms with Gasteiger partial charge in [0.25, 0.3) is 0 Å². The SMILES string of the molecule is O=C(NCc1ccncc1)c1nc(-c2ccc(F)cc2)no1. The molecule has 0 unspecified atom stereocenters. The standard InChI is InChI=1S/C15H11FN4O2/c16-12-3-1-11(2-4-12)13-19-15(22-20-13)14(21)18-9-10-5-7-17-8-6-10/h1-8H,9H2,(H,18,21). The van der Waals surface area contributed by atoms with Crippen LogP contribution < -0.4 is 5.32 Å². The van der Waals surface area contributed by atoms with Crippen molar-refractivity contribution in [3.63, 3.8) is 0 Å². The van der Waals surface area contributed by atoms with Crippen molar-refractivity contribution in [1.82, 2.24) is 20.4 Å². The van der Waals surface area contributed by atoms with E-state index in [1.54, 1.807) is 24.5 Å². The number of pyridine rings is 1. The number of amides is 1. The van der Waals surface area contributed by atoms with E-state index in [-0.39, 0.29) is 17.5 Å². The van der Waals surface area contributed by atoms with Crippen LogP contribution in [0.3, 0.4) is 0 Å². The van der Waals surface area contributed by atoms with Crippen molar-refractivity contribution in [2.45, 2.75) is 6.54 Å². The molecule has 22 heavy (non-hydrogen) atoms. The Bertz CT molecular complexity index is 772. The number of rotatable bonds is 4. The molecule has 3 aromatic rings. The highest BCUT2D eigenvalue weighted by atomic mass is 19.1. The zero-order chi connectivity index (χ0) is 15.4. The third kappa shape index (κ3) is 3.14. The highest BCUT2D eigenvalue weighted by molar-refractivity contribution is 5.89. The van der Waals surface area contributed by atoms with E-state index >= 15 is 0 Å². The lowest BCUT2D eigenvalue weighted by Gasteiger charge is -2.01. The van der Waals surface area contributed by atoms with E-state index in [1.165, 1.54) is 24.3 Å². The summed E-state index contributed by atoms with van der Waals surface area (Å²) in [5.74, 6) is -0.748. The van der Waals surface area contributed by atoms with E-state index in [0.717, 1.165) is 5.56 Å². The predicted molar refractivity (Wildman–Crippen MR) is 75.1 cm³/mol. The molecule has 0 aliphatic rings. The van der Waals surface area contributed by atoms with Gasteiger partial charge in [-0.15, -0.1) is 0 Å². The predicted octanol–water partition coefficient (Wildman–Crippen LogP) is 2.20. The minimum absolute atomic E-state index is 0.145. The minimum atomic E-state index is -0.474. The second kappa shape index (κ2) is 6.13. The lowest BCUT2D eigenvalue weighted by Crippen LogP contribution is -2.23. The molecule has 0 aliphatic carbocycles. The van der Waals surface area contributed by atoms with Crippen LogP contribution >= 0.6 is 0 Å². The molecular weight excluding hydrogens is 287 g/mol. The number of hydrogen-bond acceptors (Lipinski definition) is 5. The number of halogens is 1. The average Bonchev–Trinajstić information content (AvgIpc) is 3.04. The van der Waals surface area contributed by atoms with Crippen molar-refractivity contribution >= 4 is 5.91 Å². The zero-order valence-corrected chi connectivity index (χ0v) is 11.4. The summed E-state index contributed by atoms with van der Waals surface area (Å²) in [6.07, 6.45) is 3.28. The summed E-state index contributed by atoms with van der Waals surface area (Å²) < 4.78 is 17.8. The molecule has 0 aliphatic heterocycles. The molecule has 2 heterocycles. The molecule has 0 bridgehead atoms. The number of aromatic nitrogens is 3. The topological polar surface area (TPSA) is 80.9 Å². The monoisotopic (exact) mass is 298 g/mol. The molecule has 6 nitrogen and oxygen atoms in total. The first-order valence-corrected chi connectivity index (χ1v) is 6.49. The summed E-state index contributed by atoms with van der Waals surface area (Å²) in [5, 5.41) is 6.38. The van der Waals surface area contributed by atoms with Gasteiger partial charge < -0.3 is 9.84 Å². The largest absolute Gasteiger partial charge is 0.344 e. The minimum Gasteiger partial charge on any atom is -0.344 e. The van der Waals surface area contributed by atoms with Crippen molar-refractivity contribution in [3.05, 3.63) is 66.1 Å². The second-order valence-corrected chi connectivity index (χ2v) is 4.47. The first-order chi connectivity index (χ1) is 10.7. The highest BCUT2D eigenvalue weighted by Crippen LogP contribution is 2.16. The Kier molecular flexibility index (Phi) is 3.86. The van der Waals surface area contributed by atoms with Gasteiger partial charge in [-0.3, -0.25) is 9.78 Å². The van der Waals surface area contributed by atoms with Gasteiger partial charge in [-0.25, -0.2) is 4.39 Å². The van der Waals surface area contributed by atoms with Crippen molar-refractivity contribution in [3.8, 4) is 11.4 Å². The van der Waals surface area contributed by atoms with Crippen LogP contribution in [0.4, 0.5) is 4.39 Å². The second-order valence-electron chi connectivity index (χ2n) is 4.47. The molecule has 0 spiro atoms. The van der Waals surface area contributed by atoms with Crippen LogP contribution in [-0.4, -0.2) is 21.0 Å². The van der Waals surface area contributed by atoms with Gasteiger partial charge in [0.2, 0.25) is 5.82 Å². The molecule has 1 N–H and O–H groups in total. The van der Waals surface area contributed by atoms with Gasteiger partial charge >= 0.3 is 11.8 Å². The van der Waals surface area contributed by atoms with Crippen LogP contribution in [0.25, 0.3) is 11.4 Å². The molecule has 0 atom stereocenters. The Morgan fingerprint density at radius 1 is 1.14 bits per heavy atom.